The second kappa shape index (κ2) is 5.53. The maximum absolute atomic E-state index is 5.73. The third-order valence-electron chi connectivity index (χ3n) is 2.18. The molecule has 5 heteroatoms. The van der Waals surface area contributed by atoms with Gasteiger partial charge in [-0.05, 0) is 20.3 Å². The van der Waals surface area contributed by atoms with Crippen LogP contribution < -0.4 is 11.1 Å². The molecule has 1 rings (SSSR count). The Morgan fingerprint density at radius 1 is 1.62 bits per heavy atom. The number of aryl methyl sites for hydroxylation is 2. The molecule has 1 heterocycles. The molecule has 16 heavy (non-hydrogen) atoms. The Balaban J connectivity index is 2.66. The highest BCUT2D eigenvalue weighted by Crippen LogP contribution is 2.08. The van der Waals surface area contributed by atoms with Gasteiger partial charge < -0.3 is 11.1 Å². The molecule has 90 valence electrons. The predicted octanol–water partition coefficient (Wildman–Crippen LogP) is 0.795. The van der Waals surface area contributed by atoms with Gasteiger partial charge in [-0.2, -0.15) is 5.10 Å². The molecule has 0 bridgehead atoms. The van der Waals surface area contributed by atoms with Crippen LogP contribution in [0.1, 0.15) is 32.0 Å². The lowest BCUT2D eigenvalue weighted by Gasteiger charge is -2.08. The van der Waals surface area contributed by atoms with E-state index in [-0.39, 0.29) is 0 Å². The lowest BCUT2D eigenvalue weighted by atomic mass is 10.2. The van der Waals surface area contributed by atoms with Crippen molar-refractivity contribution in [2.75, 3.05) is 0 Å². The van der Waals surface area contributed by atoms with Gasteiger partial charge in [0.05, 0.1) is 12.2 Å². The van der Waals surface area contributed by atoms with Crippen molar-refractivity contribution in [1.29, 1.82) is 0 Å². The van der Waals surface area contributed by atoms with Crippen molar-refractivity contribution in [3.05, 3.63) is 17.5 Å². The van der Waals surface area contributed by atoms with Crippen molar-refractivity contribution in [2.45, 2.75) is 39.8 Å². The van der Waals surface area contributed by atoms with Crippen LogP contribution in [-0.2, 0) is 20.0 Å². The van der Waals surface area contributed by atoms with Crippen LogP contribution in [-0.4, -0.2) is 21.8 Å². The topological polar surface area (TPSA) is 68.2 Å². The molecule has 0 saturated heterocycles. The summed E-state index contributed by atoms with van der Waals surface area (Å²) in [6.07, 6.45) is 2.91. The quantitative estimate of drug-likeness (QED) is 0.586. The Morgan fingerprint density at radius 3 is 2.88 bits per heavy atom. The largest absolute Gasteiger partial charge is 0.370 e. The fourth-order valence-corrected chi connectivity index (χ4v) is 1.53. The van der Waals surface area contributed by atoms with Crippen LogP contribution in [0.5, 0.6) is 0 Å². The molecular weight excluding hydrogens is 202 g/mol. The minimum Gasteiger partial charge on any atom is -0.370 e. The lowest BCUT2D eigenvalue weighted by Crippen LogP contribution is -2.36. The highest BCUT2D eigenvalue weighted by molar-refractivity contribution is 5.78. The highest BCUT2D eigenvalue weighted by atomic mass is 15.3. The summed E-state index contributed by atoms with van der Waals surface area (Å²) < 4.78 is 1.82. The molecule has 1 aromatic rings. The number of hydrogen-bond donors (Lipinski definition) is 2. The average molecular weight is 223 g/mol. The summed E-state index contributed by atoms with van der Waals surface area (Å²) in [7, 11) is 1.92. The number of aliphatic imine (C=N–C) groups is 1. The summed E-state index contributed by atoms with van der Waals surface area (Å²) in [4.78, 5) is 4.29. The molecule has 0 aliphatic carbocycles. The van der Waals surface area contributed by atoms with Crippen molar-refractivity contribution in [1.82, 2.24) is 15.1 Å². The van der Waals surface area contributed by atoms with E-state index in [1.807, 2.05) is 31.8 Å². The van der Waals surface area contributed by atoms with Crippen molar-refractivity contribution in [3.63, 3.8) is 0 Å². The molecule has 0 aromatic carbocycles. The maximum Gasteiger partial charge on any atom is 0.189 e. The second-order valence-corrected chi connectivity index (χ2v) is 4.13. The molecule has 3 N–H and O–H groups in total. The third kappa shape index (κ3) is 3.56. The van der Waals surface area contributed by atoms with E-state index in [4.69, 9.17) is 5.73 Å². The van der Waals surface area contributed by atoms with Crippen LogP contribution in [0, 0.1) is 0 Å². The van der Waals surface area contributed by atoms with Crippen LogP contribution >= 0.6 is 0 Å². The number of nitrogens with one attached hydrogen (secondary N) is 1. The van der Waals surface area contributed by atoms with E-state index in [0.717, 1.165) is 17.7 Å². The maximum atomic E-state index is 5.73. The van der Waals surface area contributed by atoms with Crippen LogP contribution in [0.3, 0.4) is 0 Å². The Kier molecular flexibility index (Phi) is 4.34. The van der Waals surface area contributed by atoms with Gasteiger partial charge in [0, 0.05) is 24.8 Å². The summed E-state index contributed by atoms with van der Waals surface area (Å²) in [5.74, 6) is 0.487. The van der Waals surface area contributed by atoms with Crippen LogP contribution in [0.15, 0.2) is 11.2 Å². The zero-order chi connectivity index (χ0) is 12.1. The fraction of sp³-hybridized carbons (Fsp3) is 0.636. The molecule has 0 unspecified atom stereocenters. The van der Waals surface area contributed by atoms with Gasteiger partial charge >= 0.3 is 0 Å². The van der Waals surface area contributed by atoms with Crippen molar-refractivity contribution < 1.29 is 0 Å². The molecule has 0 aliphatic heterocycles. The van der Waals surface area contributed by atoms with Gasteiger partial charge in [-0.1, -0.05) is 6.92 Å². The van der Waals surface area contributed by atoms with Gasteiger partial charge in [-0.25, -0.2) is 4.99 Å². The van der Waals surface area contributed by atoms with Crippen molar-refractivity contribution in [2.24, 2.45) is 17.8 Å². The molecule has 5 nitrogen and oxygen atoms in total. The summed E-state index contributed by atoms with van der Waals surface area (Å²) in [5, 5.41) is 7.41. The van der Waals surface area contributed by atoms with E-state index in [9.17, 15) is 0 Å². The van der Waals surface area contributed by atoms with E-state index >= 15 is 0 Å². The van der Waals surface area contributed by atoms with E-state index in [1.165, 1.54) is 0 Å². The number of aromatic nitrogens is 2. The highest BCUT2D eigenvalue weighted by Gasteiger charge is 2.05. The Labute approximate surface area is 96.7 Å². The second-order valence-electron chi connectivity index (χ2n) is 4.13. The number of nitrogens with zero attached hydrogens (tertiary/aromatic N) is 3. The Bertz CT molecular complexity index is 364. The Morgan fingerprint density at radius 2 is 2.31 bits per heavy atom. The average Bonchev–Trinajstić information content (AvgIpc) is 2.55. The molecule has 0 fully saturated rings. The van der Waals surface area contributed by atoms with Gasteiger partial charge in [0.1, 0.15) is 0 Å². The smallest absolute Gasteiger partial charge is 0.189 e. The lowest BCUT2D eigenvalue weighted by molar-refractivity contribution is 0.723. The van der Waals surface area contributed by atoms with E-state index in [1.54, 1.807) is 0 Å². The molecule has 0 amide bonds. The zero-order valence-corrected chi connectivity index (χ0v) is 10.5. The monoisotopic (exact) mass is 223 g/mol. The standard InChI is InChI=1S/C11H21N5/c1-5-10-9(7-16(4)15-10)6-13-11(12)14-8(2)3/h7-8H,5-6H2,1-4H3,(H3,12,13,14). The number of hydrogen-bond acceptors (Lipinski definition) is 2. The van der Waals surface area contributed by atoms with Crippen LogP contribution in [0.25, 0.3) is 0 Å². The first kappa shape index (κ1) is 12.5. The molecule has 1 aromatic heterocycles. The minimum atomic E-state index is 0.309. The Hall–Kier alpha value is -1.52. The molecule has 0 radical (unpaired) electrons. The normalized spacial score (nSPS) is 12.2. The van der Waals surface area contributed by atoms with Gasteiger partial charge in [0.15, 0.2) is 5.96 Å². The van der Waals surface area contributed by atoms with Crippen molar-refractivity contribution >= 4 is 5.96 Å². The summed E-state index contributed by atoms with van der Waals surface area (Å²) in [6, 6.07) is 0.309. The first-order valence-corrected chi connectivity index (χ1v) is 5.60. The van der Waals surface area contributed by atoms with Crippen LogP contribution in [0.2, 0.25) is 0 Å². The van der Waals surface area contributed by atoms with Gasteiger partial charge in [-0.15, -0.1) is 0 Å². The number of nitrogens with two attached hydrogens (primary N) is 1. The molecule has 0 saturated carbocycles. The van der Waals surface area contributed by atoms with E-state index in [2.05, 4.69) is 22.3 Å². The minimum absolute atomic E-state index is 0.309. The van der Waals surface area contributed by atoms with Crippen molar-refractivity contribution in [3.8, 4) is 0 Å². The van der Waals surface area contributed by atoms with E-state index in [0.29, 0.717) is 18.5 Å². The first-order chi connectivity index (χ1) is 7.52. The van der Waals surface area contributed by atoms with E-state index < -0.39 is 0 Å². The first-order valence-electron chi connectivity index (χ1n) is 5.60. The SMILES string of the molecule is CCc1nn(C)cc1CN=C(N)NC(C)C. The van der Waals surface area contributed by atoms with Crippen LogP contribution in [0.4, 0.5) is 0 Å². The zero-order valence-electron chi connectivity index (χ0n) is 10.5. The summed E-state index contributed by atoms with van der Waals surface area (Å²) in [6.45, 7) is 6.74. The summed E-state index contributed by atoms with van der Waals surface area (Å²) in [5.41, 5.74) is 7.96. The summed E-state index contributed by atoms with van der Waals surface area (Å²) >= 11 is 0. The molecule has 0 aliphatic rings. The molecule has 0 atom stereocenters. The molecule has 0 spiro atoms. The molecular formula is C11H21N5. The van der Waals surface area contributed by atoms with Gasteiger partial charge in [0.25, 0.3) is 0 Å². The van der Waals surface area contributed by atoms with Gasteiger partial charge in [-0.3, -0.25) is 4.68 Å². The fourth-order valence-electron chi connectivity index (χ4n) is 1.53. The third-order valence-corrected chi connectivity index (χ3v) is 2.18. The number of rotatable bonds is 4. The van der Waals surface area contributed by atoms with Gasteiger partial charge in [0.2, 0.25) is 0 Å². The predicted molar refractivity (Wildman–Crippen MR) is 66.2 cm³/mol. The number of guanidine groups is 1.